The Kier molecular flexibility index (Phi) is 5.68. The van der Waals surface area contributed by atoms with Crippen LogP contribution in [0, 0.1) is 6.92 Å². The van der Waals surface area contributed by atoms with Crippen LogP contribution in [0.15, 0.2) is 62.5 Å². The van der Waals surface area contributed by atoms with Crippen molar-refractivity contribution in [3.8, 4) is 0 Å². The molecule has 1 N–H and O–H groups in total. The molecule has 0 amide bonds. The molecule has 0 spiro atoms. The second-order valence-electron chi connectivity index (χ2n) is 6.02. The normalized spacial score (nSPS) is 13.0. The number of nitrogens with zero attached hydrogens (tertiary/aromatic N) is 3. The standard InChI is InChI=1S/C19H18BrN3O2S/c1-12-19(26-11-21-12)16(13-3-6-15(20)7-4-13)9-17(22-25)14-5-8-18(24)23(2)10-14/h3-8,10-11,16,25H,9H2,1-2H3. The number of hydrogen-bond acceptors (Lipinski definition) is 5. The Bertz CT molecular complexity index is 993. The van der Waals surface area contributed by atoms with Crippen LogP contribution in [0.25, 0.3) is 0 Å². The van der Waals surface area contributed by atoms with E-state index < -0.39 is 0 Å². The summed E-state index contributed by atoms with van der Waals surface area (Å²) in [5, 5.41) is 13.2. The Morgan fingerprint density at radius 2 is 2.04 bits per heavy atom. The minimum absolute atomic E-state index is 0.0127. The van der Waals surface area contributed by atoms with Gasteiger partial charge in [0.1, 0.15) is 0 Å². The van der Waals surface area contributed by atoms with Gasteiger partial charge in [0, 0.05) is 46.6 Å². The summed E-state index contributed by atoms with van der Waals surface area (Å²) in [7, 11) is 1.68. The third-order valence-electron chi connectivity index (χ3n) is 4.31. The first-order valence-electron chi connectivity index (χ1n) is 8.03. The molecule has 3 rings (SSSR count). The van der Waals surface area contributed by atoms with Crippen LogP contribution in [-0.4, -0.2) is 20.5 Å². The number of rotatable bonds is 5. The number of hydrogen-bond donors (Lipinski definition) is 1. The number of thiazole rings is 1. The van der Waals surface area contributed by atoms with Gasteiger partial charge in [0.2, 0.25) is 5.56 Å². The Labute approximate surface area is 163 Å². The van der Waals surface area contributed by atoms with Crippen LogP contribution >= 0.6 is 27.3 Å². The molecular formula is C19H18BrN3O2S. The van der Waals surface area contributed by atoms with Crippen molar-refractivity contribution in [1.82, 2.24) is 9.55 Å². The molecule has 0 bridgehead atoms. The predicted molar refractivity (Wildman–Crippen MR) is 107 cm³/mol. The maximum absolute atomic E-state index is 11.6. The van der Waals surface area contributed by atoms with Crippen molar-refractivity contribution in [3.05, 3.63) is 84.6 Å². The summed E-state index contributed by atoms with van der Waals surface area (Å²) in [5.41, 5.74) is 5.07. The molecule has 1 aromatic carbocycles. The molecule has 0 saturated heterocycles. The molecule has 2 heterocycles. The Morgan fingerprint density at radius 3 is 2.62 bits per heavy atom. The van der Waals surface area contributed by atoms with Gasteiger partial charge in [-0.2, -0.15) is 0 Å². The third-order valence-corrected chi connectivity index (χ3v) is 5.88. The molecule has 26 heavy (non-hydrogen) atoms. The lowest BCUT2D eigenvalue weighted by molar-refractivity contribution is 0.317. The van der Waals surface area contributed by atoms with Gasteiger partial charge in [0.15, 0.2) is 0 Å². The van der Waals surface area contributed by atoms with E-state index in [0.29, 0.717) is 12.1 Å². The highest BCUT2D eigenvalue weighted by Gasteiger charge is 2.22. The fourth-order valence-corrected chi connectivity index (χ4v) is 4.07. The molecule has 0 aliphatic rings. The van der Waals surface area contributed by atoms with E-state index in [2.05, 4.69) is 38.2 Å². The molecule has 134 valence electrons. The SMILES string of the molecule is Cc1ncsc1C(CC(=NO)c1ccc(=O)n(C)c1)c1ccc(Br)cc1. The largest absolute Gasteiger partial charge is 0.411 e. The molecule has 5 nitrogen and oxygen atoms in total. The van der Waals surface area contributed by atoms with E-state index in [4.69, 9.17) is 0 Å². The van der Waals surface area contributed by atoms with Gasteiger partial charge in [-0.3, -0.25) is 4.79 Å². The third kappa shape index (κ3) is 3.94. The fourth-order valence-electron chi connectivity index (χ4n) is 2.88. The predicted octanol–water partition coefficient (Wildman–Crippen LogP) is 4.31. The van der Waals surface area contributed by atoms with E-state index in [0.717, 1.165) is 26.2 Å². The average Bonchev–Trinajstić information content (AvgIpc) is 3.05. The monoisotopic (exact) mass is 431 g/mol. The smallest absolute Gasteiger partial charge is 0.250 e. The van der Waals surface area contributed by atoms with E-state index in [9.17, 15) is 10.0 Å². The Morgan fingerprint density at radius 1 is 1.31 bits per heavy atom. The van der Waals surface area contributed by atoms with Crippen LogP contribution in [0.2, 0.25) is 0 Å². The molecule has 0 fully saturated rings. The van der Waals surface area contributed by atoms with Crippen molar-refractivity contribution in [2.24, 2.45) is 12.2 Å². The van der Waals surface area contributed by atoms with E-state index in [-0.39, 0.29) is 11.5 Å². The molecule has 0 saturated carbocycles. The Balaban J connectivity index is 2.01. The van der Waals surface area contributed by atoms with E-state index in [1.165, 1.54) is 10.6 Å². The summed E-state index contributed by atoms with van der Waals surface area (Å²) >= 11 is 5.06. The number of benzene rings is 1. The molecule has 0 aliphatic carbocycles. The van der Waals surface area contributed by atoms with Crippen molar-refractivity contribution in [1.29, 1.82) is 0 Å². The maximum atomic E-state index is 11.6. The van der Waals surface area contributed by atoms with Crippen LogP contribution in [0.3, 0.4) is 0 Å². The molecular weight excluding hydrogens is 414 g/mol. The van der Waals surface area contributed by atoms with Gasteiger partial charge < -0.3 is 9.77 Å². The van der Waals surface area contributed by atoms with Gasteiger partial charge in [0.05, 0.1) is 16.9 Å². The minimum atomic E-state index is -0.103. The molecule has 7 heteroatoms. The van der Waals surface area contributed by atoms with Crippen molar-refractivity contribution in [3.63, 3.8) is 0 Å². The molecule has 1 unspecified atom stereocenters. The van der Waals surface area contributed by atoms with Crippen LogP contribution in [0.5, 0.6) is 0 Å². The van der Waals surface area contributed by atoms with Gasteiger partial charge >= 0.3 is 0 Å². The maximum Gasteiger partial charge on any atom is 0.250 e. The number of oxime groups is 1. The first kappa shape index (κ1) is 18.5. The number of halogens is 1. The summed E-state index contributed by atoms with van der Waals surface area (Å²) in [6.45, 7) is 1.99. The van der Waals surface area contributed by atoms with Crippen LogP contribution in [0.4, 0.5) is 0 Å². The van der Waals surface area contributed by atoms with Crippen molar-refractivity contribution in [2.75, 3.05) is 0 Å². The topological polar surface area (TPSA) is 67.5 Å². The van der Waals surface area contributed by atoms with Crippen LogP contribution in [0.1, 0.15) is 34.0 Å². The molecule has 1 atom stereocenters. The zero-order valence-electron chi connectivity index (χ0n) is 14.4. The van der Waals surface area contributed by atoms with E-state index in [1.807, 2.05) is 24.6 Å². The molecule has 0 radical (unpaired) electrons. The van der Waals surface area contributed by atoms with E-state index in [1.54, 1.807) is 30.6 Å². The van der Waals surface area contributed by atoms with Gasteiger partial charge in [-0.05, 0) is 30.7 Å². The highest BCUT2D eigenvalue weighted by Crippen LogP contribution is 2.34. The lowest BCUT2D eigenvalue weighted by Gasteiger charge is -2.18. The van der Waals surface area contributed by atoms with Crippen LogP contribution < -0.4 is 5.56 Å². The zero-order valence-corrected chi connectivity index (χ0v) is 16.8. The fraction of sp³-hybridized carbons (Fsp3) is 0.211. The summed E-state index contributed by atoms with van der Waals surface area (Å²) in [6, 6.07) is 11.3. The second kappa shape index (κ2) is 7.97. The lowest BCUT2D eigenvalue weighted by atomic mass is 9.89. The van der Waals surface area contributed by atoms with Gasteiger partial charge in [0.25, 0.3) is 0 Å². The highest BCUT2D eigenvalue weighted by molar-refractivity contribution is 9.10. The summed E-state index contributed by atoms with van der Waals surface area (Å²) in [5.74, 6) is 0.0127. The molecule has 2 aromatic heterocycles. The summed E-state index contributed by atoms with van der Waals surface area (Å²) < 4.78 is 2.49. The van der Waals surface area contributed by atoms with Crippen LogP contribution in [-0.2, 0) is 7.05 Å². The van der Waals surface area contributed by atoms with Crippen molar-refractivity contribution >= 4 is 33.0 Å². The average molecular weight is 432 g/mol. The first-order chi connectivity index (χ1) is 12.5. The number of aromatic nitrogens is 2. The Hall–Kier alpha value is -2.25. The lowest BCUT2D eigenvalue weighted by Crippen LogP contribution is -2.18. The zero-order chi connectivity index (χ0) is 18.7. The summed E-state index contributed by atoms with van der Waals surface area (Å²) in [6.07, 6.45) is 2.19. The summed E-state index contributed by atoms with van der Waals surface area (Å²) in [4.78, 5) is 17.1. The minimum Gasteiger partial charge on any atom is -0.411 e. The van der Waals surface area contributed by atoms with E-state index >= 15 is 0 Å². The second-order valence-corrected chi connectivity index (χ2v) is 7.83. The van der Waals surface area contributed by atoms with Gasteiger partial charge in [-0.25, -0.2) is 4.98 Å². The molecule has 3 aromatic rings. The number of pyridine rings is 1. The van der Waals surface area contributed by atoms with Gasteiger partial charge in [-0.15, -0.1) is 11.3 Å². The van der Waals surface area contributed by atoms with Gasteiger partial charge in [-0.1, -0.05) is 33.2 Å². The number of aryl methyl sites for hydroxylation is 2. The highest BCUT2D eigenvalue weighted by atomic mass is 79.9. The molecule has 0 aliphatic heterocycles. The van der Waals surface area contributed by atoms with Crippen molar-refractivity contribution < 1.29 is 5.21 Å². The quantitative estimate of drug-likeness (QED) is 0.371. The first-order valence-corrected chi connectivity index (χ1v) is 9.70. The van der Waals surface area contributed by atoms with Crippen molar-refractivity contribution in [2.45, 2.75) is 19.3 Å².